The van der Waals surface area contributed by atoms with Crippen LogP contribution in [0.4, 0.5) is 11.4 Å². The lowest BCUT2D eigenvalue weighted by Gasteiger charge is -2.20. The summed E-state index contributed by atoms with van der Waals surface area (Å²) in [5.74, 6) is 0. The van der Waals surface area contributed by atoms with E-state index in [1.165, 1.54) is 35.9 Å². The normalized spacial score (nSPS) is 15.4. The molecule has 2 rings (SSSR count). The van der Waals surface area contributed by atoms with E-state index in [1.54, 1.807) is 0 Å². The molecule has 1 N–H and O–H groups in total. The first-order chi connectivity index (χ1) is 9.26. The minimum absolute atomic E-state index is 0.629. The van der Waals surface area contributed by atoms with Crippen molar-refractivity contribution < 1.29 is 0 Å². The van der Waals surface area contributed by atoms with Gasteiger partial charge in [0.1, 0.15) is 0 Å². The molecule has 0 bridgehead atoms. The van der Waals surface area contributed by atoms with E-state index in [9.17, 15) is 0 Å². The summed E-state index contributed by atoms with van der Waals surface area (Å²) >= 11 is 1.44. The zero-order valence-electron chi connectivity index (χ0n) is 11.3. The number of benzene rings is 1. The molecule has 1 saturated heterocycles. The van der Waals surface area contributed by atoms with Crippen molar-refractivity contribution >= 4 is 28.3 Å². The lowest BCUT2D eigenvalue weighted by atomic mass is 10.1. The second-order valence-corrected chi connectivity index (χ2v) is 5.27. The van der Waals surface area contributed by atoms with Crippen LogP contribution in [0.25, 0.3) is 0 Å². The first kappa shape index (κ1) is 13.8. The lowest BCUT2D eigenvalue weighted by molar-refractivity contribution is 0.949. The SMILES string of the molecule is CSC(=Nc1cccc(N2CCCC2)c1C)NC#N. The molecule has 1 heterocycles. The fraction of sp³-hybridized carbons (Fsp3) is 0.429. The minimum atomic E-state index is 0.629. The standard InChI is InChI=1S/C14H18N4S/c1-11-12(17-14(19-2)16-10-15)6-5-7-13(11)18-8-3-4-9-18/h5-7H,3-4,8-9H2,1-2H3,(H,16,17). The summed E-state index contributed by atoms with van der Waals surface area (Å²) in [5, 5.41) is 11.9. The van der Waals surface area contributed by atoms with Crippen LogP contribution in [0, 0.1) is 18.4 Å². The average molecular weight is 274 g/mol. The first-order valence-corrected chi connectivity index (χ1v) is 7.61. The molecule has 1 aliphatic heterocycles. The van der Waals surface area contributed by atoms with Crippen LogP contribution in [0.1, 0.15) is 18.4 Å². The third-order valence-electron chi connectivity index (χ3n) is 3.30. The van der Waals surface area contributed by atoms with Crippen LogP contribution in [-0.2, 0) is 0 Å². The largest absolute Gasteiger partial charge is 0.371 e. The van der Waals surface area contributed by atoms with Gasteiger partial charge < -0.3 is 4.90 Å². The van der Waals surface area contributed by atoms with Gasteiger partial charge in [0.05, 0.1) is 5.69 Å². The highest BCUT2D eigenvalue weighted by molar-refractivity contribution is 8.13. The van der Waals surface area contributed by atoms with Crippen LogP contribution < -0.4 is 10.2 Å². The first-order valence-electron chi connectivity index (χ1n) is 6.38. The van der Waals surface area contributed by atoms with Crippen molar-refractivity contribution in [3.05, 3.63) is 23.8 Å². The maximum Gasteiger partial charge on any atom is 0.183 e. The number of aliphatic imine (C=N–C) groups is 1. The number of rotatable bonds is 2. The van der Waals surface area contributed by atoms with Crippen molar-refractivity contribution in [3.8, 4) is 6.19 Å². The fourth-order valence-electron chi connectivity index (χ4n) is 2.32. The van der Waals surface area contributed by atoms with Gasteiger partial charge in [-0.2, -0.15) is 5.26 Å². The number of thioether (sulfide) groups is 1. The van der Waals surface area contributed by atoms with E-state index < -0.39 is 0 Å². The summed E-state index contributed by atoms with van der Waals surface area (Å²) in [7, 11) is 0. The number of hydrogen-bond acceptors (Lipinski definition) is 4. The molecule has 0 aliphatic carbocycles. The van der Waals surface area contributed by atoms with Crippen LogP contribution in [0.3, 0.4) is 0 Å². The molecule has 0 spiro atoms. The third-order valence-corrected chi connectivity index (χ3v) is 3.88. The van der Waals surface area contributed by atoms with Gasteiger partial charge in [0, 0.05) is 18.8 Å². The van der Waals surface area contributed by atoms with Gasteiger partial charge in [-0.05, 0) is 43.7 Å². The third kappa shape index (κ3) is 3.21. The number of nitriles is 1. The Balaban J connectivity index is 2.31. The molecule has 0 atom stereocenters. The van der Waals surface area contributed by atoms with Gasteiger partial charge in [0.25, 0.3) is 0 Å². The highest BCUT2D eigenvalue weighted by atomic mass is 32.2. The van der Waals surface area contributed by atoms with Crippen LogP contribution >= 0.6 is 11.8 Å². The molecular formula is C14H18N4S. The van der Waals surface area contributed by atoms with Gasteiger partial charge in [-0.25, -0.2) is 4.99 Å². The maximum absolute atomic E-state index is 8.68. The van der Waals surface area contributed by atoms with Crippen molar-refractivity contribution in [2.45, 2.75) is 19.8 Å². The highest BCUT2D eigenvalue weighted by Crippen LogP contribution is 2.31. The Morgan fingerprint density at radius 2 is 2.16 bits per heavy atom. The molecule has 1 fully saturated rings. The molecule has 0 unspecified atom stereocenters. The molecule has 0 amide bonds. The quantitative estimate of drug-likeness (QED) is 0.390. The molecule has 100 valence electrons. The summed E-state index contributed by atoms with van der Waals surface area (Å²) in [6.07, 6.45) is 6.35. The molecule has 0 aromatic heterocycles. The lowest BCUT2D eigenvalue weighted by Crippen LogP contribution is -2.18. The molecule has 1 aliphatic rings. The number of amidine groups is 1. The fourth-order valence-corrected chi connectivity index (χ4v) is 2.65. The second kappa shape index (κ2) is 6.48. The molecular weight excluding hydrogens is 256 g/mol. The molecule has 0 radical (unpaired) electrons. The van der Waals surface area contributed by atoms with E-state index in [0.29, 0.717) is 5.17 Å². The average Bonchev–Trinajstić information content (AvgIpc) is 2.94. The van der Waals surface area contributed by atoms with Crippen molar-refractivity contribution in [2.75, 3.05) is 24.2 Å². The number of hydrogen-bond donors (Lipinski definition) is 1. The Morgan fingerprint density at radius 1 is 1.42 bits per heavy atom. The molecule has 1 aromatic carbocycles. The van der Waals surface area contributed by atoms with Gasteiger partial charge in [-0.15, -0.1) is 0 Å². The van der Waals surface area contributed by atoms with Crippen LogP contribution in [0.2, 0.25) is 0 Å². The summed E-state index contributed by atoms with van der Waals surface area (Å²) in [6.45, 7) is 4.34. The van der Waals surface area contributed by atoms with Gasteiger partial charge in [0.15, 0.2) is 11.4 Å². The van der Waals surface area contributed by atoms with E-state index >= 15 is 0 Å². The van der Waals surface area contributed by atoms with E-state index in [0.717, 1.165) is 18.8 Å². The van der Waals surface area contributed by atoms with Crippen LogP contribution in [-0.4, -0.2) is 24.5 Å². The maximum atomic E-state index is 8.68. The molecule has 1 aromatic rings. The number of anilines is 1. The minimum Gasteiger partial charge on any atom is -0.371 e. The van der Waals surface area contributed by atoms with Crippen LogP contribution in [0.5, 0.6) is 0 Å². The van der Waals surface area contributed by atoms with Crippen LogP contribution in [0.15, 0.2) is 23.2 Å². The molecule has 0 saturated carbocycles. The van der Waals surface area contributed by atoms with Crippen molar-refractivity contribution in [2.24, 2.45) is 4.99 Å². The Labute approximate surface area is 118 Å². The number of nitrogens with zero attached hydrogens (tertiary/aromatic N) is 3. The van der Waals surface area contributed by atoms with Gasteiger partial charge in [-0.1, -0.05) is 17.8 Å². The molecule has 4 nitrogen and oxygen atoms in total. The second-order valence-electron chi connectivity index (χ2n) is 4.47. The van der Waals surface area contributed by atoms with E-state index in [2.05, 4.69) is 28.2 Å². The zero-order chi connectivity index (χ0) is 13.7. The molecule has 5 heteroatoms. The monoisotopic (exact) mass is 274 g/mol. The Morgan fingerprint density at radius 3 is 2.79 bits per heavy atom. The Hall–Kier alpha value is -1.67. The highest BCUT2D eigenvalue weighted by Gasteiger charge is 2.15. The molecule has 19 heavy (non-hydrogen) atoms. The zero-order valence-corrected chi connectivity index (χ0v) is 12.1. The topological polar surface area (TPSA) is 51.4 Å². The number of nitrogens with one attached hydrogen (secondary N) is 1. The van der Waals surface area contributed by atoms with Gasteiger partial charge in [-0.3, -0.25) is 5.32 Å². The Bertz CT molecular complexity index is 513. The summed E-state index contributed by atoms with van der Waals surface area (Å²) in [6, 6.07) is 6.17. The summed E-state index contributed by atoms with van der Waals surface area (Å²) in [5.41, 5.74) is 3.36. The summed E-state index contributed by atoms with van der Waals surface area (Å²) < 4.78 is 0. The Kier molecular flexibility index (Phi) is 4.69. The van der Waals surface area contributed by atoms with Gasteiger partial charge in [0.2, 0.25) is 0 Å². The summed E-state index contributed by atoms with van der Waals surface area (Å²) in [4.78, 5) is 6.93. The van der Waals surface area contributed by atoms with E-state index in [4.69, 9.17) is 5.26 Å². The van der Waals surface area contributed by atoms with E-state index in [-0.39, 0.29) is 0 Å². The van der Waals surface area contributed by atoms with Crippen molar-refractivity contribution in [1.29, 1.82) is 5.26 Å². The van der Waals surface area contributed by atoms with Crippen molar-refractivity contribution in [3.63, 3.8) is 0 Å². The predicted octanol–water partition coefficient (Wildman–Crippen LogP) is 3.02. The van der Waals surface area contributed by atoms with Crippen molar-refractivity contribution in [1.82, 2.24) is 5.32 Å². The smallest absolute Gasteiger partial charge is 0.183 e. The predicted molar refractivity (Wildman–Crippen MR) is 82.0 cm³/mol. The van der Waals surface area contributed by atoms with E-state index in [1.807, 2.05) is 24.6 Å². The van der Waals surface area contributed by atoms with Gasteiger partial charge >= 0.3 is 0 Å².